The third-order valence-corrected chi connectivity index (χ3v) is 26.1. The summed E-state index contributed by atoms with van der Waals surface area (Å²) in [6.45, 7) is 9.81. The molecule has 220 valence electrons. The minimum atomic E-state index is -3.03. The van der Waals surface area contributed by atoms with Crippen molar-refractivity contribution >= 4 is 47.3 Å². The van der Waals surface area contributed by atoms with Crippen molar-refractivity contribution in [2.45, 2.75) is 83.1 Å². The Morgan fingerprint density at radius 2 is 1.55 bits per heavy atom. The molecule has 2 aromatic carbocycles. The average molecular weight is 671 g/mol. The second-order valence-corrected chi connectivity index (χ2v) is 25.2. The molecule has 0 bridgehead atoms. The minimum absolute atomic E-state index is 0.388. The number of para-hydroxylation sites is 1. The van der Waals surface area contributed by atoms with Crippen LogP contribution in [-0.2, 0) is 3.55 Å². The van der Waals surface area contributed by atoms with Crippen molar-refractivity contribution in [2.75, 3.05) is 11.4 Å². The summed E-state index contributed by atoms with van der Waals surface area (Å²) < 4.78 is 5.64. The third kappa shape index (κ3) is 5.87. The summed E-state index contributed by atoms with van der Waals surface area (Å²) in [5.74, 6) is 1.46. The number of imidazole rings is 1. The number of unbranched alkanes of at least 4 members (excludes halogenated alkanes) is 3. The van der Waals surface area contributed by atoms with Crippen LogP contribution in [0.2, 0.25) is 13.3 Å². The van der Waals surface area contributed by atoms with Crippen molar-refractivity contribution in [3.63, 3.8) is 0 Å². The van der Waals surface area contributed by atoms with Crippen molar-refractivity contribution in [3.8, 4) is 5.82 Å². The van der Waals surface area contributed by atoms with Crippen molar-refractivity contribution < 1.29 is 0 Å². The van der Waals surface area contributed by atoms with Gasteiger partial charge in [0.2, 0.25) is 0 Å². The van der Waals surface area contributed by atoms with E-state index in [0.29, 0.717) is 5.95 Å². The Hall–Kier alpha value is -3.14. The first kappa shape index (κ1) is 30.3. The normalized spacial score (nSPS) is 16.5. The number of rotatable bonds is 15. The van der Waals surface area contributed by atoms with E-state index in [1.165, 1.54) is 57.4 Å². The fraction of sp³-hybridized carbons (Fsp3) is 0.455. The van der Waals surface area contributed by atoms with Gasteiger partial charge in [0.1, 0.15) is 0 Å². The van der Waals surface area contributed by atoms with Gasteiger partial charge in [-0.3, -0.25) is 0 Å². The molecule has 0 fully saturated rings. The van der Waals surface area contributed by atoms with Crippen molar-refractivity contribution in [2.24, 2.45) is 15.4 Å². The van der Waals surface area contributed by atoms with Gasteiger partial charge in [-0.05, 0) is 0 Å². The van der Waals surface area contributed by atoms with Gasteiger partial charge in [0.05, 0.1) is 0 Å². The molecule has 2 aromatic heterocycles. The molecular formula is C33H44N8Sn. The summed E-state index contributed by atoms with van der Waals surface area (Å²) in [7, 11) is 0. The zero-order valence-corrected chi connectivity index (χ0v) is 28.4. The Morgan fingerprint density at radius 1 is 0.833 bits per heavy atom. The Balaban J connectivity index is 1.61. The number of fused-ring (bicyclic) bond motifs is 1. The van der Waals surface area contributed by atoms with E-state index in [2.05, 4.69) is 89.0 Å². The maximum absolute atomic E-state index is 5.08. The molecule has 1 atom stereocenters. The van der Waals surface area contributed by atoms with Gasteiger partial charge in [0.25, 0.3) is 0 Å². The first-order valence-electron chi connectivity index (χ1n) is 15.7. The molecule has 0 radical (unpaired) electrons. The molecule has 1 aliphatic rings. The molecule has 42 heavy (non-hydrogen) atoms. The van der Waals surface area contributed by atoms with Crippen LogP contribution in [0.5, 0.6) is 0 Å². The van der Waals surface area contributed by atoms with Gasteiger partial charge in [-0.15, -0.1) is 0 Å². The Labute approximate surface area is 254 Å². The quantitative estimate of drug-likeness (QED) is 0.118. The van der Waals surface area contributed by atoms with E-state index in [4.69, 9.17) is 15.1 Å². The zero-order chi connectivity index (χ0) is 29.4. The maximum atomic E-state index is 5.08. The van der Waals surface area contributed by atoms with Gasteiger partial charge in [-0.25, -0.2) is 0 Å². The fourth-order valence-corrected chi connectivity index (χ4v) is 24.6. The molecule has 0 saturated carbocycles. The molecule has 5 rings (SSSR count). The van der Waals surface area contributed by atoms with E-state index in [9.17, 15) is 0 Å². The zero-order valence-electron chi connectivity index (χ0n) is 25.6. The number of anilines is 2. The number of aromatic nitrogens is 4. The topological polar surface area (TPSA) is 83.9 Å². The van der Waals surface area contributed by atoms with E-state index in [-0.39, 0.29) is 3.55 Å². The number of benzene rings is 2. The number of hydrogen-bond acceptors (Lipinski definition) is 7. The van der Waals surface area contributed by atoms with Gasteiger partial charge in [-0.2, -0.15) is 0 Å². The van der Waals surface area contributed by atoms with Crippen LogP contribution in [0, 0.1) is 0 Å². The van der Waals surface area contributed by atoms with Crippen LogP contribution >= 0.6 is 0 Å². The molecule has 4 aromatic rings. The fourth-order valence-electron chi connectivity index (χ4n) is 6.48. The Morgan fingerprint density at radius 3 is 2.17 bits per heavy atom. The van der Waals surface area contributed by atoms with Crippen LogP contribution in [0.4, 0.5) is 11.6 Å². The van der Waals surface area contributed by atoms with Crippen molar-refractivity contribution in [3.05, 3.63) is 72.7 Å². The predicted octanol–water partition coefficient (Wildman–Crippen LogP) is 9.01. The Bertz CT molecular complexity index is 1480. The molecule has 0 spiro atoms. The summed E-state index contributed by atoms with van der Waals surface area (Å²) in [6, 6.07) is 18.9. The van der Waals surface area contributed by atoms with Gasteiger partial charge >= 0.3 is 249 Å². The summed E-state index contributed by atoms with van der Waals surface area (Å²) in [5.41, 5.74) is 4.25. The second kappa shape index (κ2) is 13.9. The van der Waals surface area contributed by atoms with Gasteiger partial charge < -0.3 is 0 Å². The first-order valence-corrected chi connectivity index (χ1v) is 23.2. The van der Waals surface area contributed by atoms with E-state index < -0.39 is 18.4 Å². The number of hydrogen-bond donors (Lipinski definition) is 0. The Kier molecular flexibility index (Phi) is 10.0. The predicted molar refractivity (Wildman–Crippen MR) is 176 cm³/mol. The van der Waals surface area contributed by atoms with Crippen LogP contribution < -0.4 is 4.90 Å². The third-order valence-electron chi connectivity index (χ3n) is 8.82. The van der Waals surface area contributed by atoms with Crippen LogP contribution in [0.3, 0.4) is 0 Å². The van der Waals surface area contributed by atoms with Crippen LogP contribution in [0.25, 0.3) is 16.9 Å². The van der Waals surface area contributed by atoms with Gasteiger partial charge in [0.15, 0.2) is 0 Å². The monoisotopic (exact) mass is 672 g/mol. The molecule has 9 heteroatoms. The van der Waals surface area contributed by atoms with E-state index in [0.717, 1.165) is 29.1 Å². The molecule has 0 N–H and O–H groups in total. The van der Waals surface area contributed by atoms with E-state index in [1.54, 1.807) is 0 Å². The molecule has 1 aliphatic heterocycles. The van der Waals surface area contributed by atoms with Gasteiger partial charge in [-0.1, -0.05) is 6.07 Å². The molecule has 1 unspecified atom stereocenters. The van der Waals surface area contributed by atoms with Crippen LogP contribution in [0.1, 0.15) is 71.8 Å². The number of nitrogens with zero attached hydrogens (tertiary/aromatic N) is 8. The SMILES string of the molecule is CCC[CH2][Sn]([CH2]CCC)([CH2]CCC)[C]1(c2ccc3ncn(-c4ccnc(N(CC)c5ccccc5)n4)c3c2)C=NN=N1. The summed E-state index contributed by atoms with van der Waals surface area (Å²) in [5, 5.41) is 13.9. The van der Waals surface area contributed by atoms with Crippen LogP contribution in [-0.4, -0.2) is 50.7 Å². The molecule has 0 aliphatic carbocycles. The summed E-state index contributed by atoms with van der Waals surface area (Å²) >= 11 is -3.03. The summed E-state index contributed by atoms with van der Waals surface area (Å²) in [4.78, 5) is 16.5. The summed E-state index contributed by atoms with van der Waals surface area (Å²) in [6.07, 6.45) is 13.2. The van der Waals surface area contributed by atoms with Gasteiger partial charge in [0, 0.05) is 0 Å². The molecule has 8 nitrogen and oxygen atoms in total. The van der Waals surface area contributed by atoms with Crippen molar-refractivity contribution in [1.82, 2.24) is 19.5 Å². The van der Waals surface area contributed by atoms with E-state index in [1.807, 2.05) is 36.8 Å². The average Bonchev–Trinajstić information content (AvgIpc) is 3.71. The second-order valence-electron chi connectivity index (χ2n) is 11.4. The first-order chi connectivity index (χ1) is 20.6. The van der Waals surface area contributed by atoms with Crippen LogP contribution in [0.15, 0.2) is 82.6 Å². The molecular weight excluding hydrogens is 627 g/mol. The molecule has 3 heterocycles. The molecule has 0 saturated heterocycles. The van der Waals surface area contributed by atoms with Crippen molar-refractivity contribution in [1.29, 1.82) is 0 Å². The molecule has 0 amide bonds. The van der Waals surface area contributed by atoms with E-state index >= 15 is 0 Å². The standard InChI is InChI=1S/C21H17N8.3C4H9.Sn/c1-2-28(16-6-4-3-5-7-16)21-22-11-10-20(25-21)29-14-23-17-9-8-15(12-19(17)29)18-13-24-27-26-18;3*1-3-4-2;/h3-14H,2H2,1H3;3*1,3-4H2,2H3;.